The number of hydrogen-bond acceptors (Lipinski definition) is 3. The van der Waals surface area contributed by atoms with E-state index in [1.807, 2.05) is 0 Å². The topological polar surface area (TPSA) is 38.5 Å². The largest absolute Gasteiger partial charge is 0.406 e. The third-order valence-electron chi connectivity index (χ3n) is 3.91. The second kappa shape index (κ2) is 6.47. The average molecular weight is 324 g/mol. The standard InChI is InChI=1S/C14H17F5N2O/c1-22-7-13(14(17,18)19)21-5-9(12(20)6-21)8-2-3-10(15)11(16)4-8/h2-4,9,12-13H,5-7,20H2,1H3/t9-,12+,13+/m0/s1. The van der Waals surface area contributed by atoms with Gasteiger partial charge >= 0.3 is 6.18 Å². The van der Waals surface area contributed by atoms with Crippen LogP contribution in [0.1, 0.15) is 11.5 Å². The summed E-state index contributed by atoms with van der Waals surface area (Å²) < 4.78 is 70.1. The summed E-state index contributed by atoms with van der Waals surface area (Å²) in [7, 11) is 1.20. The van der Waals surface area contributed by atoms with Crippen molar-refractivity contribution < 1.29 is 26.7 Å². The van der Waals surface area contributed by atoms with E-state index >= 15 is 0 Å². The Morgan fingerprint density at radius 3 is 2.50 bits per heavy atom. The molecule has 1 aliphatic heterocycles. The molecular formula is C14H17F5N2O. The van der Waals surface area contributed by atoms with Crippen molar-refractivity contribution in [2.24, 2.45) is 5.73 Å². The maximum Gasteiger partial charge on any atom is 0.406 e. The Morgan fingerprint density at radius 2 is 1.95 bits per heavy atom. The van der Waals surface area contributed by atoms with Gasteiger partial charge in [0, 0.05) is 32.2 Å². The van der Waals surface area contributed by atoms with Crippen LogP contribution in [0.2, 0.25) is 0 Å². The first-order valence-electron chi connectivity index (χ1n) is 6.74. The quantitative estimate of drug-likeness (QED) is 0.864. The highest BCUT2D eigenvalue weighted by atomic mass is 19.4. The van der Waals surface area contributed by atoms with E-state index in [1.165, 1.54) is 18.1 Å². The molecule has 1 aromatic carbocycles. The first-order valence-corrected chi connectivity index (χ1v) is 6.74. The minimum absolute atomic E-state index is 0.0111. The molecule has 22 heavy (non-hydrogen) atoms. The molecule has 3 atom stereocenters. The summed E-state index contributed by atoms with van der Waals surface area (Å²) in [6.07, 6.45) is -4.45. The van der Waals surface area contributed by atoms with Crippen molar-refractivity contribution in [3.8, 4) is 0 Å². The summed E-state index contributed by atoms with van der Waals surface area (Å²) in [5.41, 5.74) is 6.30. The van der Waals surface area contributed by atoms with Gasteiger partial charge in [-0.1, -0.05) is 6.07 Å². The molecule has 1 aliphatic rings. The molecule has 8 heteroatoms. The highest BCUT2D eigenvalue weighted by molar-refractivity contribution is 5.25. The van der Waals surface area contributed by atoms with Crippen molar-refractivity contribution in [3.05, 3.63) is 35.4 Å². The molecule has 0 bridgehead atoms. The number of benzene rings is 1. The third kappa shape index (κ3) is 3.56. The number of methoxy groups -OCH3 is 1. The lowest BCUT2D eigenvalue weighted by molar-refractivity contribution is -0.192. The maximum atomic E-state index is 13.3. The number of nitrogens with two attached hydrogens (primary N) is 1. The van der Waals surface area contributed by atoms with Crippen LogP contribution in [-0.4, -0.2) is 50.0 Å². The second-order valence-electron chi connectivity index (χ2n) is 5.41. The van der Waals surface area contributed by atoms with Gasteiger partial charge < -0.3 is 10.5 Å². The first-order chi connectivity index (χ1) is 10.2. The van der Waals surface area contributed by atoms with Gasteiger partial charge in [-0.3, -0.25) is 4.90 Å². The molecule has 1 saturated heterocycles. The summed E-state index contributed by atoms with van der Waals surface area (Å²) in [6.45, 7) is -0.475. The van der Waals surface area contributed by atoms with Crippen molar-refractivity contribution in [2.75, 3.05) is 26.8 Å². The summed E-state index contributed by atoms with van der Waals surface area (Å²) >= 11 is 0. The van der Waals surface area contributed by atoms with Gasteiger partial charge in [-0.2, -0.15) is 13.2 Å². The zero-order valence-corrected chi connectivity index (χ0v) is 11.9. The van der Waals surface area contributed by atoms with Crippen LogP contribution < -0.4 is 5.73 Å². The molecular weight excluding hydrogens is 307 g/mol. The van der Waals surface area contributed by atoms with Crippen LogP contribution in [-0.2, 0) is 4.74 Å². The van der Waals surface area contributed by atoms with Gasteiger partial charge in [-0.15, -0.1) is 0 Å². The fourth-order valence-electron chi connectivity index (χ4n) is 2.78. The van der Waals surface area contributed by atoms with Crippen molar-refractivity contribution in [2.45, 2.75) is 24.2 Å². The molecule has 1 fully saturated rings. The van der Waals surface area contributed by atoms with Crippen LogP contribution in [0.3, 0.4) is 0 Å². The van der Waals surface area contributed by atoms with Gasteiger partial charge in [0.25, 0.3) is 0 Å². The Morgan fingerprint density at radius 1 is 1.27 bits per heavy atom. The molecule has 1 heterocycles. The van der Waals surface area contributed by atoms with Gasteiger partial charge in [0.15, 0.2) is 11.6 Å². The lowest BCUT2D eigenvalue weighted by atomic mass is 9.95. The predicted molar refractivity (Wildman–Crippen MR) is 70.4 cm³/mol. The number of nitrogens with zero attached hydrogens (tertiary/aromatic N) is 1. The highest BCUT2D eigenvalue weighted by Crippen LogP contribution is 2.33. The fraction of sp³-hybridized carbons (Fsp3) is 0.571. The van der Waals surface area contributed by atoms with E-state index in [9.17, 15) is 22.0 Å². The predicted octanol–water partition coefficient (Wildman–Crippen LogP) is 2.27. The van der Waals surface area contributed by atoms with Crippen LogP contribution in [0.15, 0.2) is 18.2 Å². The molecule has 0 radical (unpaired) electrons. The van der Waals surface area contributed by atoms with Crippen molar-refractivity contribution >= 4 is 0 Å². The summed E-state index contributed by atoms with van der Waals surface area (Å²) in [5, 5.41) is 0. The van der Waals surface area contributed by atoms with E-state index in [1.54, 1.807) is 0 Å². The van der Waals surface area contributed by atoms with Gasteiger partial charge in [-0.25, -0.2) is 8.78 Å². The zero-order valence-electron chi connectivity index (χ0n) is 11.9. The van der Waals surface area contributed by atoms with Crippen LogP contribution in [0, 0.1) is 11.6 Å². The molecule has 0 saturated carbocycles. The zero-order chi connectivity index (χ0) is 16.5. The van der Waals surface area contributed by atoms with Crippen molar-refractivity contribution in [3.63, 3.8) is 0 Å². The van der Waals surface area contributed by atoms with Crippen LogP contribution in [0.4, 0.5) is 22.0 Å². The average Bonchev–Trinajstić information content (AvgIpc) is 2.79. The number of ether oxygens (including phenoxy) is 1. The number of rotatable bonds is 4. The molecule has 0 aliphatic carbocycles. The fourth-order valence-corrected chi connectivity index (χ4v) is 2.78. The Labute approximate surface area is 124 Å². The van der Waals surface area contributed by atoms with E-state index in [0.29, 0.717) is 5.56 Å². The summed E-state index contributed by atoms with van der Waals surface area (Å²) in [5.74, 6) is -2.52. The SMILES string of the molecule is COC[C@@H](N1C[C@@H](N)[C@H](c2ccc(F)c(F)c2)C1)C(F)(F)F. The molecule has 3 nitrogen and oxygen atoms in total. The van der Waals surface area contributed by atoms with E-state index in [-0.39, 0.29) is 13.1 Å². The molecule has 2 rings (SSSR count). The Kier molecular flexibility index (Phi) is 5.03. The van der Waals surface area contributed by atoms with Gasteiger partial charge in [0.2, 0.25) is 0 Å². The number of hydrogen-bond donors (Lipinski definition) is 1. The molecule has 2 N–H and O–H groups in total. The third-order valence-corrected chi connectivity index (χ3v) is 3.91. The van der Waals surface area contributed by atoms with Gasteiger partial charge in [-0.05, 0) is 17.7 Å². The molecule has 0 unspecified atom stereocenters. The van der Waals surface area contributed by atoms with Crippen LogP contribution in [0.25, 0.3) is 0 Å². The highest BCUT2D eigenvalue weighted by Gasteiger charge is 2.47. The molecule has 1 aromatic rings. The van der Waals surface area contributed by atoms with E-state index < -0.39 is 42.4 Å². The summed E-state index contributed by atoms with van der Waals surface area (Å²) in [4.78, 5) is 1.18. The van der Waals surface area contributed by atoms with E-state index in [4.69, 9.17) is 5.73 Å². The van der Waals surface area contributed by atoms with E-state index in [0.717, 1.165) is 12.1 Å². The number of alkyl halides is 3. The number of likely N-dealkylation sites (tertiary alicyclic amines) is 1. The monoisotopic (exact) mass is 324 g/mol. The Hall–Kier alpha value is -1.25. The lowest BCUT2D eigenvalue weighted by Gasteiger charge is -2.29. The molecule has 124 valence electrons. The van der Waals surface area contributed by atoms with Crippen LogP contribution in [0.5, 0.6) is 0 Å². The lowest BCUT2D eigenvalue weighted by Crippen LogP contribution is -2.48. The Bertz CT molecular complexity index is 522. The minimum Gasteiger partial charge on any atom is -0.383 e. The first kappa shape index (κ1) is 17.1. The maximum absolute atomic E-state index is 13.3. The summed E-state index contributed by atoms with van der Waals surface area (Å²) in [6, 6.07) is 0.940. The number of halogens is 5. The van der Waals surface area contributed by atoms with Gasteiger partial charge in [0.05, 0.1) is 6.61 Å². The van der Waals surface area contributed by atoms with E-state index in [2.05, 4.69) is 4.74 Å². The van der Waals surface area contributed by atoms with Crippen molar-refractivity contribution in [1.29, 1.82) is 0 Å². The molecule has 0 aromatic heterocycles. The van der Waals surface area contributed by atoms with Crippen LogP contribution >= 0.6 is 0 Å². The Balaban J connectivity index is 2.18. The smallest absolute Gasteiger partial charge is 0.383 e. The normalized spacial score (nSPS) is 24.7. The van der Waals surface area contributed by atoms with Gasteiger partial charge in [0.1, 0.15) is 6.04 Å². The van der Waals surface area contributed by atoms with Crippen molar-refractivity contribution in [1.82, 2.24) is 4.90 Å². The molecule has 0 amide bonds. The minimum atomic E-state index is -4.45. The molecule has 0 spiro atoms. The second-order valence-corrected chi connectivity index (χ2v) is 5.41.